The summed E-state index contributed by atoms with van der Waals surface area (Å²) in [5.41, 5.74) is -0.248. The molecule has 2 rings (SSSR count). The fourth-order valence-corrected chi connectivity index (χ4v) is 3.74. The molecule has 1 saturated heterocycles. The van der Waals surface area contributed by atoms with Gasteiger partial charge < -0.3 is 25.1 Å². The first-order valence-corrected chi connectivity index (χ1v) is 10.4. The third kappa shape index (κ3) is 6.85. The van der Waals surface area contributed by atoms with Crippen LogP contribution in [0.2, 0.25) is 0 Å². The molecule has 0 spiro atoms. The lowest BCUT2D eigenvalue weighted by atomic mass is 9.96. The maximum absolute atomic E-state index is 10.9. The molecule has 2 heterocycles. The van der Waals surface area contributed by atoms with Crippen LogP contribution in [0.25, 0.3) is 0 Å². The predicted octanol–water partition coefficient (Wildman–Crippen LogP) is 2.78. The Hall–Kier alpha value is -1.53. The highest BCUT2D eigenvalue weighted by molar-refractivity contribution is 5.79. The lowest BCUT2D eigenvalue weighted by Crippen LogP contribution is -2.43. The Kier molecular flexibility index (Phi) is 8.17. The molecule has 1 aliphatic heterocycles. The molecule has 6 nitrogen and oxygen atoms in total. The summed E-state index contributed by atoms with van der Waals surface area (Å²) < 4.78 is 5.56. The Morgan fingerprint density at radius 1 is 1.30 bits per heavy atom. The van der Waals surface area contributed by atoms with Gasteiger partial charge in [0.1, 0.15) is 17.1 Å². The van der Waals surface area contributed by atoms with E-state index in [2.05, 4.69) is 34.4 Å². The van der Waals surface area contributed by atoms with Gasteiger partial charge in [-0.3, -0.25) is 0 Å². The average molecular weight is 379 g/mol. The first kappa shape index (κ1) is 21.8. The normalized spacial score (nSPS) is 19.6. The van der Waals surface area contributed by atoms with Crippen LogP contribution in [0.5, 0.6) is 0 Å². The van der Waals surface area contributed by atoms with Crippen molar-refractivity contribution in [3.05, 3.63) is 23.2 Å². The van der Waals surface area contributed by atoms with Crippen molar-refractivity contribution in [2.75, 3.05) is 39.3 Å². The molecule has 27 heavy (non-hydrogen) atoms. The van der Waals surface area contributed by atoms with Crippen LogP contribution in [0.4, 0.5) is 0 Å². The van der Waals surface area contributed by atoms with Crippen LogP contribution in [-0.4, -0.2) is 55.2 Å². The molecule has 1 aromatic rings. The Balaban J connectivity index is 1.89. The number of nitrogens with zero attached hydrogens (tertiary/aromatic N) is 2. The zero-order valence-corrected chi connectivity index (χ0v) is 17.8. The second kappa shape index (κ2) is 10.1. The van der Waals surface area contributed by atoms with E-state index in [9.17, 15) is 5.11 Å². The summed E-state index contributed by atoms with van der Waals surface area (Å²) in [6.07, 6.45) is 4.02. The standard InChI is InChI=1S/C21H38N4O2/c1-6-22-20(23-13-16(2)14-25-10-8-7-9-11-25)24-15-21(5,26)19-12-17(3)27-18(19)4/h12,16,26H,6-11,13-15H2,1-5H3,(H2,22,23,24). The van der Waals surface area contributed by atoms with Crippen LogP contribution >= 0.6 is 0 Å². The molecule has 0 amide bonds. The molecule has 154 valence electrons. The molecule has 1 aromatic heterocycles. The number of furan rings is 1. The van der Waals surface area contributed by atoms with Crippen molar-refractivity contribution < 1.29 is 9.52 Å². The van der Waals surface area contributed by atoms with Gasteiger partial charge in [-0.1, -0.05) is 13.3 Å². The van der Waals surface area contributed by atoms with Crippen LogP contribution in [-0.2, 0) is 5.60 Å². The molecule has 0 radical (unpaired) electrons. The number of aliphatic imine (C=N–C) groups is 1. The van der Waals surface area contributed by atoms with Gasteiger partial charge in [0.15, 0.2) is 5.96 Å². The number of nitrogens with one attached hydrogen (secondary N) is 2. The minimum Gasteiger partial charge on any atom is -0.466 e. The van der Waals surface area contributed by atoms with Gasteiger partial charge in [0.2, 0.25) is 0 Å². The highest BCUT2D eigenvalue weighted by Gasteiger charge is 2.27. The molecule has 2 atom stereocenters. The minimum absolute atomic E-state index is 0.280. The monoisotopic (exact) mass is 378 g/mol. The minimum atomic E-state index is -1.05. The van der Waals surface area contributed by atoms with E-state index in [4.69, 9.17) is 4.42 Å². The highest BCUT2D eigenvalue weighted by Crippen LogP contribution is 2.27. The lowest BCUT2D eigenvalue weighted by Gasteiger charge is -2.29. The number of piperidine rings is 1. The molecule has 1 aliphatic rings. The highest BCUT2D eigenvalue weighted by atomic mass is 16.3. The van der Waals surface area contributed by atoms with Crippen LogP contribution in [0.3, 0.4) is 0 Å². The second-order valence-electron chi connectivity index (χ2n) is 8.14. The van der Waals surface area contributed by atoms with Crippen molar-refractivity contribution in [2.45, 2.75) is 59.5 Å². The SMILES string of the molecule is CCNC(=NCC(C)(O)c1cc(C)oc1C)NCC(C)CN1CCCCC1. The number of aryl methyl sites for hydroxylation is 2. The molecular weight excluding hydrogens is 340 g/mol. The molecular formula is C21H38N4O2. The quantitative estimate of drug-likeness (QED) is 0.479. The molecule has 6 heteroatoms. The molecule has 0 aliphatic carbocycles. The predicted molar refractivity (Wildman–Crippen MR) is 111 cm³/mol. The molecule has 2 unspecified atom stereocenters. The maximum Gasteiger partial charge on any atom is 0.191 e. The van der Waals surface area contributed by atoms with Crippen molar-refractivity contribution in [3.63, 3.8) is 0 Å². The van der Waals surface area contributed by atoms with Crippen LogP contribution < -0.4 is 10.6 Å². The van der Waals surface area contributed by atoms with Crippen LogP contribution in [0.1, 0.15) is 57.1 Å². The van der Waals surface area contributed by atoms with Crippen molar-refractivity contribution in [2.24, 2.45) is 10.9 Å². The molecule has 0 saturated carbocycles. The van der Waals surface area contributed by atoms with Crippen LogP contribution in [0.15, 0.2) is 15.5 Å². The number of aliphatic hydroxyl groups is 1. The van der Waals surface area contributed by atoms with Crippen molar-refractivity contribution in [1.82, 2.24) is 15.5 Å². The van der Waals surface area contributed by atoms with Crippen molar-refractivity contribution >= 4 is 5.96 Å². The van der Waals surface area contributed by atoms with E-state index < -0.39 is 5.60 Å². The number of hydrogen-bond acceptors (Lipinski definition) is 4. The van der Waals surface area contributed by atoms with E-state index in [0.717, 1.165) is 42.7 Å². The fraction of sp³-hybridized carbons (Fsp3) is 0.762. The Morgan fingerprint density at radius 3 is 2.59 bits per heavy atom. The van der Waals surface area contributed by atoms with Crippen molar-refractivity contribution in [3.8, 4) is 0 Å². The van der Waals surface area contributed by atoms with Gasteiger partial charge >= 0.3 is 0 Å². The summed E-state index contributed by atoms with van der Waals surface area (Å²) in [6, 6.07) is 1.89. The van der Waals surface area contributed by atoms with E-state index in [0.29, 0.717) is 5.92 Å². The van der Waals surface area contributed by atoms with Gasteiger partial charge in [-0.05, 0) is 65.6 Å². The Labute approximate surface area is 164 Å². The number of hydrogen-bond donors (Lipinski definition) is 3. The zero-order valence-electron chi connectivity index (χ0n) is 17.8. The third-order valence-electron chi connectivity index (χ3n) is 5.15. The summed E-state index contributed by atoms with van der Waals surface area (Å²) in [6.45, 7) is 15.4. The summed E-state index contributed by atoms with van der Waals surface area (Å²) in [4.78, 5) is 7.18. The number of guanidine groups is 1. The Morgan fingerprint density at radius 2 is 2.00 bits per heavy atom. The van der Waals surface area contributed by atoms with E-state index >= 15 is 0 Å². The van der Waals surface area contributed by atoms with E-state index in [1.54, 1.807) is 6.92 Å². The smallest absolute Gasteiger partial charge is 0.191 e. The summed E-state index contributed by atoms with van der Waals surface area (Å²) in [5, 5.41) is 17.6. The number of rotatable bonds is 8. The molecule has 0 aromatic carbocycles. The van der Waals surface area contributed by atoms with Gasteiger partial charge in [0.25, 0.3) is 0 Å². The molecule has 1 fully saturated rings. The summed E-state index contributed by atoms with van der Waals surface area (Å²) >= 11 is 0. The van der Waals surface area contributed by atoms with E-state index in [-0.39, 0.29) is 6.54 Å². The van der Waals surface area contributed by atoms with Crippen molar-refractivity contribution in [1.29, 1.82) is 0 Å². The maximum atomic E-state index is 10.9. The van der Waals surface area contributed by atoms with Crippen LogP contribution in [0, 0.1) is 19.8 Å². The largest absolute Gasteiger partial charge is 0.466 e. The van der Waals surface area contributed by atoms with Gasteiger partial charge in [-0.25, -0.2) is 4.99 Å². The molecule has 3 N–H and O–H groups in total. The average Bonchev–Trinajstić information content (AvgIpc) is 2.97. The first-order chi connectivity index (χ1) is 12.8. The van der Waals surface area contributed by atoms with Gasteiger partial charge in [-0.2, -0.15) is 0 Å². The van der Waals surface area contributed by atoms with Gasteiger partial charge in [-0.15, -0.1) is 0 Å². The van der Waals surface area contributed by atoms with E-state index in [1.807, 2.05) is 19.9 Å². The van der Waals surface area contributed by atoms with E-state index in [1.165, 1.54) is 32.4 Å². The number of likely N-dealkylation sites (tertiary alicyclic amines) is 1. The topological polar surface area (TPSA) is 73.0 Å². The molecule has 0 bridgehead atoms. The van der Waals surface area contributed by atoms with Gasteiger partial charge in [0, 0.05) is 25.2 Å². The summed E-state index contributed by atoms with van der Waals surface area (Å²) in [7, 11) is 0. The fourth-order valence-electron chi connectivity index (χ4n) is 3.74. The second-order valence-corrected chi connectivity index (χ2v) is 8.14. The third-order valence-corrected chi connectivity index (χ3v) is 5.15. The Bertz CT molecular complexity index is 603. The zero-order chi connectivity index (χ0) is 19.9. The van der Waals surface area contributed by atoms with Gasteiger partial charge in [0.05, 0.1) is 6.54 Å². The summed E-state index contributed by atoms with van der Waals surface area (Å²) in [5.74, 6) is 2.86. The first-order valence-electron chi connectivity index (χ1n) is 10.4. The lowest BCUT2D eigenvalue weighted by molar-refractivity contribution is 0.0657.